The first-order chi connectivity index (χ1) is 10.3. The van der Waals surface area contributed by atoms with Gasteiger partial charge in [0, 0.05) is 58.6 Å². The van der Waals surface area contributed by atoms with Crippen molar-refractivity contribution in [2.45, 2.75) is 6.92 Å². The smallest absolute Gasteiger partial charge is 0.281 e. The minimum Gasteiger partial charge on any atom is -0.369 e. The highest BCUT2D eigenvalue weighted by Crippen LogP contribution is 2.21. The average molecular weight is 326 g/mol. The molecule has 1 N–H and O–H groups in total. The number of nitrogens with one attached hydrogen (secondary N) is 1. The lowest BCUT2D eigenvalue weighted by Gasteiger charge is -2.36. The number of hydrogen-bond acceptors (Lipinski definition) is 4. The second kappa shape index (κ2) is 6.64. The van der Waals surface area contributed by atoms with Crippen LogP contribution in [0.15, 0.2) is 24.3 Å². The molecule has 0 aliphatic carbocycles. The van der Waals surface area contributed by atoms with E-state index in [-0.39, 0.29) is 5.91 Å². The van der Waals surface area contributed by atoms with Gasteiger partial charge >= 0.3 is 0 Å². The molecule has 1 saturated heterocycles. The number of carbonyl (C=O) groups is 1. The van der Waals surface area contributed by atoms with Crippen molar-refractivity contribution < 1.29 is 13.2 Å². The van der Waals surface area contributed by atoms with Crippen LogP contribution in [0.2, 0.25) is 0 Å². The summed E-state index contributed by atoms with van der Waals surface area (Å²) >= 11 is 0. The van der Waals surface area contributed by atoms with E-state index in [1.165, 1.54) is 15.5 Å². The Kier molecular flexibility index (Phi) is 5.05. The van der Waals surface area contributed by atoms with E-state index in [1.54, 1.807) is 14.1 Å². The first-order valence-electron chi connectivity index (χ1n) is 7.11. The molecule has 1 fully saturated rings. The fourth-order valence-electron chi connectivity index (χ4n) is 2.39. The number of nitrogens with zero attached hydrogens (tertiary/aromatic N) is 3. The van der Waals surface area contributed by atoms with Gasteiger partial charge in [0.05, 0.1) is 0 Å². The molecule has 0 saturated carbocycles. The molecule has 2 rings (SSSR count). The van der Waals surface area contributed by atoms with Crippen LogP contribution >= 0.6 is 0 Å². The SMILES string of the molecule is CC(=O)Nc1cccc(N2CCN(S(=O)(=O)N(C)C)CC2)c1. The van der Waals surface area contributed by atoms with Gasteiger partial charge in [0.15, 0.2) is 0 Å². The topological polar surface area (TPSA) is 73.0 Å². The third-order valence-electron chi connectivity index (χ3n) is 3.56. The van der Waals surface area contributed by atoms with Gasteiger partial charge < -0.3 is 10.2 Å². The van der Waals surface area contributed by atoms with Gasteiger partial charge in [0.2, 0.25) is 5.91 Å². The maximum absolute atomic E-state index is 12.1. The molecule has 1 aromatic rings. The highest BCUT2D eigenvalue weighted by atomic mass is 32.2. The van der Waals surface area contributed by atoms with Crippen LogP contribution in [0.3, 0.4) is 0 Å². The molecule has 8 heteroatoms. The van der Waals surface area contributed by atoms with Gasteiger partial charge in [-0.2, -0.15) is 17.0 Å². The van der Waals surface area contributed by atoms with Crippen LogP contribution in [0.4, 0.5) is 11.4 Å². The van der Waals surface area contributed by atoms with E-state index in [2.05, 4.69) is 10.2 Å². The molecule has 1 aliphatic rings. The number of carbonyl (C=O) groups excluding carboxylic acids is 1. The number of benzene rings is 1. The molecule has 122 valence electrons. The largest absolute Gasteiger partial charge is 0.369 e. The second-order valence-electron chi connectivity index (χ2n) is 5.41. The van der Waals surface area contributed by atoms with Gasteiger partial charge in [0.25, 0.3) is 10.2 Å². The molecule has 1 amide bonds. The van der Waals surface area contributed by atoms with Crippen molar-refractivity contribution in [1.29, 1.82) is 0 Å². The van der Waals surface area contributed by atoms with Crippen LogP contribution in [0, 0.1) is 0 Å². The van der Waals surface area contributed by atoms with Crippen molar-refractivity contribution in [3.63, 3.8) is 0 Å². The van der Waals surface area contributed by atoms with Crippen molar-refractivity contribution >= 4 is 27.5 Å². The quantitative estimate of drug-likeness (QED) is 0.878. The zero-order valence-corrected chi connectivity index (χ0v) is 13.9. The average Bonchev–Trinajstić information content (AvgIpc) is 2.47. The van der Waals surface area contributed by atoms with Crippen LogP contribution in [-0.4, -0.2) is 63.2 Å². The summed E-state index contributed by atoms with van der Waals surface area (Å²) < 4.78 is 26.9. The van der Waals surface area contributed by atoms with Crippen LogP contribution < -0.4 is 10.2 Å². The molecule has 0 radical (unpaired) electrons. The lowest BCUT2D eigenvalue weighted by molar-refractivity contribution is -0.114. The number of rotatable bonds is 4. The fourth-order valence-corrected chi connectivity index (χ4v) is 3.48. The summed E-state index contributed by atoms with van der Waals surface area (Å²) in [5.41, 5.74) is 1.72. The van der Waals surface area contributed by atoms with E-state index >= 15 is 0 Å². The van der Waals surface area contributed by atoms with Gasteiger partial charge in [-0.3, -0.25) is 4.79 Å². The number of amides is 1. The molecular weight excluding hydrogens is 304 g/mol. The first kappa shape index (κ1) is 16.7. The summed E-state index contributed by atoms with van der Waals surface area (Å²) in [7, 11) is -0.266. The molecule has 1 heterocycles. The Balaban J connectivity index is 2.04. The highest BCUT2D eigenvalue weighted by molar-refractivity contribution is 7.86. The van der Waals surface area contributed by atoms with E-state index in [1.807, 2.05) is 24.3 Å². The van der Waals surface area contributed by atoms with Crippen LogP contribution in [-0.2, 0) is 15.0 Å². The molecule has 0 unspecified atom stereocenters. The minimum atomic E-state index is -3.35. The Labute approximate surface area is 131 Å². The molecule has 1 aromatic carbocycles. The van der Waals surface area contributed by atoms with Crippen LogP contribution in [0.1, 0.15) is 6.92 Å². The highest BCUT2D eigenvalue weighted by Gasteiger charge is 2.28. The van der Waals surface area contributed by atoms with E-state index in [9.17, 15) is 13.2 Å². The van der Waals surface area contributed by atoms with E-state index in [0.29, 0.717) is 26.2 Å². The Bertz CT molecular complexity index is 637. The maximum Gasteiger partial charge on any atom is 0.281 e. The minimum absolute atomic E-state index is 0.112. The lowest BCUT2D eigenvalue weighted by Crippen LogP contribution is -2.51. The van der Waals surface area contributed by atoms with E-state index in [0.717, 1.165) is 11.4 Å². The second-order valence-corrected chi connectivity index (χ2v) is 7.55. The Morgan fingerprint density at radius 3 is 2.36 bits per heavy atom. The van der Waals surface area contributed by atoms with Crippen molar-refractivity contribution in [3.8, 4) is 0 Å². The normalized spacial score (nSPS) is 16.8. The van der Waals surface area contributed by atoms with Gasteiger partial charge in [-0.25, -0.2) is 0 Å². The fraction of sp³-hybridized carbons (Fsp3) is 0.500. The predicted octanol–water partition coefficient (Wildman–Crippen LogP) is 0.573. The number of anilines is 2. The van der Waals surface area contributed by atoms with Gasteiger partial charge in [-0.15, -0.1) is 0 Å². The monoisotopic (exact) mass is 326 g/mol. The van der Waals surface area contributed by atoms with Crippen molar-refractivity contribution in [2.75, 3.05) is 50.5 Å². The van der Waals surface area contributed by atoms with Crippen molar-refractivity contribution in [2.24, 2.45) is 0 Å². The summed E-state index contributed by atoms with van der Waals surface area (Å²) in [6.45, 7) is 3.61. The maximum atomic E-state index is 12.1. The summed E-state index contributed by atoms with van der Waals surface area (Å²) in [6, 6.07) is 7.57. The number of piperazine rings is 1. The zero-order chi connectivity index (χ0) is 16.3. The standard InChI is InChI=1S/C14H22N4O3S/c1-12(19)15-13-5-4-6-14(11-13)17-7-9-18(10-8-17)22(20,21)16(2)3/h4-6,11H,7-10H2,1-3H3,(H,15,19). The van der Waals surface area contributed by atoms with Gasteiger partial charge in [0.1, 0.15) is 0 Å². The molecule has 7 nitrogen and oxygen atoms in total. The predicted molar refractivity (Wildman–Crippen MR) is 87.1 cm³/mol. The van der Waals surface area contributed by atoms with Crippen LogP contribution in [0.25, 0.3) is 0 Å². The third-order valence-corrected chi connectivity index (χ3v) is 5.50. The molecular formula is C14H22N4O3S. The third kappa shape index (κ3) is 3.76. The van der Waals surface area contributed by atoms with Gasteiger partial charge in [-0.1, -0.05) is 6.07 Å². The van der Waals surface area contributed by atoms with E-state index < -0.39 is 10.2 Å². The Morgan fingerprint density at radius 1 is 1.18 bits per heavy atom. The Morgan fingerprint density at radius 2 is 1.82 bits per heavy atom. The number of hydrogen-bond donors (Lipinski definition) is 1. The lowest BCUT2D eigenvalue weighted by atomic mass is 10.2. The van der Waals surface area contributed by atoms with E-state index in [4.69, 9.17) is 0 Å². The van der Waals surface area contributed by atoms with Gasteiger partial charge in [-0.05, 0) is 18.2 Å². The molecule has 1 aliphatic heterocycles. The van der Waals surface area contributed by atoms with Crippen molar-refractivity contribution in [3.05, 3.63) is 24.3 Å². The Hall–Kier alpha value is -1.64. The molecule has 0 bridgehead atoms. The summed E-state index contributed by atoms with van der Waals surface area (Å²) in [5, 5.41) is 2.75. The summed E-state index contributed by atoms with van der Waals surface area (Å²) in [6.07, 6.45) is 0. The van der Waals surface area contributed by atoms with Crippen molar-refractivity contribution in [1.82, 2.24) is 8.61 Å². The molecule has 0 aromatic heterocycles. The summed E-state index contributed by atoms with van der Waals surface area (Å²) in [5.74, 6) is -0.112. The first-order valence-corrected chi connectivity index (χ1v) is 8.50. The van der Waals surface area contributed by atoms with Crippen LogP contribution in [0.5, 0.6) is 0 Å². The molecule has 0 atom stereocenters. The zero-order valence-electron chi connectivity index (χ0n) is 13.1. The summed E-state index contributed by atoms with van der Waals surface area (Å²) in [4.78, 5) is 13.2. The molecule has 22 heavy (non-hydrogen) atoms. The molecule has 0 spiro atoms.